The van der Waals surface area contributed by atoms with Crippen molar-refractivity contribution in [3.63, 3.8) is 0 Å². The van der Waals surface area contributed by atoms with Gasteiger partial charge in [0.05, 0.1) is 39.9 Å². The van der Waals surface area contributed by atoms with Crippen LogP contribution >= 0.6 is 7.82 Å². The first kappa shape index (κ1) is 65.4. The van der Waals surface area contributed by atoms with E-state index < -0.39 is 20.0 Å². The smallest absolute Gasteiger partial charge is 0.387 e. The summed E-state index contributed by atoms with van der Waals surface area (Å²) < 4.78 is 23.6. The largest absolute Gasteiger partial charge is 0.472 e. The lowest BCUT2D eigenvalue weighted by molar-refractivity contribution is -0.870. The molecule has 3 atom stereocenters. The summed E-state index contributed by atoms with van der Waals surface area (Å²) in [4.78, 5) is 23.2. The molecule has 0 aromatic carbocycles. The number of carbonyl (C=O) groups excluding carboxylic acids is 1. The number of likely N-dealkylation sites (N-methyl/N-ethyl adjacent to an activating group) is 1. The molecule has 392 valence electrons. The average Bonchev–Trinajstić information content (AvgIpc) is 3.30. The molecule has 0 heterocycles. The van der Waals surface area contributed by atoms with Crippen LogP contribution in [0, 0.1) is 0 Å². The molecule has 0 rings (SSSR count). The first-order chi connectivity index (χ1) is 33.0. The quantitative estimate of drug-likeness (QED) is 0.0243. The number of hydrogen-bond donors (Lipinski definition) is 3. The van der Waals surface area contributed by atoms with Gasteiger partial charge in [-0.05, 0) is 89.9 Å². The molecule has 0 bridgehead atoms. The number of aliphatic hydroxyl groups excluding tert-OH is 1. The molecular weight excluding hydrogens is 864 g/mol. The number of hydrogen-bond acceptors (Lipinski definition) is 5. The van der Waals surface area contributed by atoms with Gasteiger partial charge >= 0.3 is 7.82 Å². The number of carbonyl (C=O) groups is 1. The van der Waals surface area contributed by atoms with E-state index in [1.165, 1.54) is 116 Å². The highest BCUT2D eigenvalue weighted by Crippen LogP contribution is 2.43. The van der Waals surface area contributed by atoms with Gasteiger partial charge in [0.2, 0.25) is 5.91 Å². The summed E-state index contributed by atoms with van der Waals surface area (Å²) in [5, 5.41) is 13.8. The van der Waals surface area contributed by atoms with Crippen LogP contribution in [-0.4, -0.2) is 73.4 Å². The van der Waals surface area contributed by atoms with E-state index in [0.717, 1.165) is 83.5 Å². The second-order valence-corrected chi connectivity index (χ2v) is 21.0. The van der Waals surface area contributed by atoms with Crippen molar-refractivity contribution in [2.45, 2.75) is 231 Å². The predicted molar refractivity (Wildman–Crippen MR) is 295 cm³/mol. The lowest BCUT2D eigenvalue weighted by Gasteiger charge is -2.25. The normalized spacial score (nSPS) is 14.8. The summed E-state index contributed by atoms with van der Waals surface area (Å²) in [6, 6.07) is -0.873. The van der Waals surface area contributed by atoms with E-state index in [1.54, 1.807) is 6.08 Å². The molecule has 0 radical (unpaired) electrons. The number of unbranched alkanes of at least 4 members (excludes halogenated alkanes) is 22. The first-order valence-corrected chi connectivity index (χ1v) is 29.1. The number of nitrogens with zero attached hydrogens (tertiary/aromatic N) is 1. The number of phosphoric acid groups is 1. The van der Waals surface area contributed by atoms with Crippen LogP contribution in [0.4, 0.5) is 0 Å². The second kappa shape index (κ2) is 49.4. The standard InChI is InChI=1S/C59H105N2O6P/c1-6-8-10-12-14-16-18-20-21-22-23-24-25-26-27-28-29-30-31-32-33-34-35-36-37-38-39-41-43-45-47-49-51-53-59(63)60-57(56-67-68(64,65)66-55-54-61(3,4)5)58(62)52-50-48-46-44-42-40-19-17-15-13-11-9-7-2/h8,10,14-17,20-21,23-24,26-27,42,44,50,52,57-58,62H,6-7,9,11-13,18-19,22,25,28-41,43,45-49,51,53-56H2,1-5H3,(H-,60,63,64,65)/p+1/b10-8-,16-14-,17-15+,21-20-,24-23-,27-26-,44-42+,52-50+. The van der Waals surface area contributed by atoms with Crippen molar-refractivity contribution >= 4 is 13.7 Å². The third-order valence-electron chi connectivity index (χ3n) is 11.8. The zero-order chi connectivity index (χ0) is 49.9. The Morgan fingerprint density at radius 2 is 0.897 bits per heavy atom. The van der Waals surface area contributed by atoms with Crippen LogP contribution in [0.1, 0.15) is 219 Å². The Hall–Kier alpha value is -2.58. The van der Waals surface area contributed by atoms with Gasteiger partial charge < -0.3 is 19.8 Å². The van der Waals surface area contributed by atoms with Crippen molar-refractivity contribution in [2.24, 2.45) is 0 Å². The van der Waals surface area contributed by atoms with Crippen LogP contribution < -0.4 is 5.32 Å². The summed E-state index contributed by atoms with van der Waals surface area (Å²) in [5.74, 6) is -0.194. The third-order valence-corrected chi connectivity index (χ3v) is 12.7. The van der Waals surface area contributed by atoms with Gasteiger partial charge in [-0.2, -0.15) is 0 Å². The summed E-state index contributed by atoms with van der Waals surface area (Å²) in [6.45, 7) is 4.63. The SMILES string of the molecule is CC/C=C\C/C=C\C/C=C\C/C=C\C/C=C\CCCCCCCCCCCCCCCCCCCC(=O)NC(COP(=O)(O)OCC[N+](C)(C)C)C(O)/C=C/CC/C=C/CC/C=C/CCCCC. The van der Waals surface area contributed by atoms with E-state index in [-0.39, 0.29) is 19.1 Å². The Labute approximate surface area is 419 Å². The first-order valence-electron chi connectivity index (χ1n) is 27.6. The maximum atomic E-state index is 12.9. The van der Waals surface area contributed by atoms with Gasteiger partial charge in [-0.3, -0.25) is 13.8 Å². The molecule has 3 unspecified atom stereocenters. The van der Waals surface area contributed by atoms with Gasteiger partial charge in [-0.15, -0.1) is 0 Å². The molecule has 0 aromatic rings. The maximum Gasteiger partial charge on any atom is 0.472 e. The van der Waals surface area contributed by atoms with Crippen molar-refractivity contribution in [1.29, 1.82) is 0 Å². The fourth-order valence-electron chi connectivity index (χ4n) is 7.45. The molecule has 1 amide bonds. The van der Waals surface area contributed by atoms with Crippen molar-refractivity contribution in [2.75, 3.05) is 40.9 Å². The molecule has 0 saturated carbocycles. The minimum Gasteiger partial charge on any atom is -0.387 e. The van der Waals surface area contributed by atoms with Crippen molar-refractivity contribution in [1.82, 2.24) is 5.32 Å². The summed E-state index contributed by atoms with van der Waals surface area (Å²) in [7, 11) is 1.54. The fourth-order valence-corrected chi connectivity index (χ4v) is 8.19. The van der Waals surface area contributed by atoms with Crippen LogP contribution in [-0.2, 0) is 18.4 Å². The summed E-state index contributed by atoms with van der Waals surface area (Å²) >= 11 is 0. The van der Waals surface area contributed by atoms with Gasteiger partial charge in [0.1, 0.15) is 13.2 Å². The Morgan fingerprint density at radius 3 is 1.35 bits per heavy atom. The lowest BCUT2D eigenvalue weighted by atomic mass is 10.0. The molecule has 0 aliphatic heterocycles. The number of nitrogens with one attached hydrogen (secondary N) is 1. The molecule has 0 aromatic heterocycles. The molecule has 0 fully saturated rings. The Balaban J connectivity index is 4.09. The summed E-state index contributed by atoms with van der Waals surface area (Å²) in [6.07, 6.45) is 70.9. The van der Waals surface area contributed by atoms with Crippen LogP contribution in [0.25, 0.3) is 0 Å². The van der Waals surface area contributed by atoms with E-state index in [1.807, 2.05) is 27.2 Å². The number of aliphatic hydroxyl groups is 1. The number of amides is 1. The van der Waals surface area contributed by atoms with Gasteiger partial charge in [-0.25, -0.2) is 4.57 Å². The fraction of sp³-hybridized carbons (Fsp3) is 0.712. The monoisotopic (exact) mass is 970 g/mol. The third kappa shape index (κ3) is 51.3. The molecule has 68 heavy (non-hydrogen) atoms. The van der Waals surface area contributed by atoms with E-state index in [0.29, 0.717) is 17.4 Å². The molecular formula is C59H106N2O6P+. The number of rotatable bonds is 49. The highest BCUT2D eigenvalue weighted by Gasteiger charge is 2.27. The molecule has 8 nitrogen and oxygen atoms in total. The van der Waals surface area contributed by atoms with E-state index in [4.69, 9.17) is 9.05 Å². The van der Waals surface area contributed by atoms with Gasteiger partial charge in [0, 0.05) is 6.42 Å². The van der Waals surface area contributed by atoms with Crippen LogP contribution in [0.15, 0.2) is 97.2 Å². The molecule has 0 aliphatic carbocycles. The van der Waals surface area contributed by atoms with Gasteiger partial charge in [0.25, 0.3) is 0 Å². The molecule has 3 N–H and O–H groups in total. The zero-order valence-electron chi connectivity index (χ0n) is 44.6. The van der Waals surface area contributed by atoms with Gasteiger partial charge in [-0.1, -0.05) is 220 Å². The molecule has 0 aliphatic rings. The van der Waals surface area contributed by atoms with Crippen LogP contribution in [0.5, 0.6) is 0 Å². The van der Waals surface area contributed by atoms with Crippen molar-refractivity contribution < 1.29 is 32.9 Å². The number of quaternary nitrogens is 1. The minimum atomic E-state index is -4.36. The zero-order valence-corrected chi connectivity index (χ0v) is 45.5. The topological polar surface area (TPSA) is 105 Å². The van der Waals surface area contributed by atoms with E-state index in [9.17, 15) is 19.4 Å². The number of allylic oxidation sites excluding steroid dienone is 15. The Kier molecular flexibility index (Phi) is 47.5. The van der Waals surface area contributed by atoms with E-state index >= 15 is 0 Å². The Morgan fingerprint density at radius 1 is 0.515 bits per heavy atom. The number of phosphoric ester groups is 1. The van der Waals surface area contributed by atoms with E-state index in [2.05, 4.69) is 104 Å². The molecule has 0 spiro atoms. The van der Waals surface area contributed by atoms with Crippen molar-refractivity contribution in [3.05, 3.63) is 97.2 Å². The molecule has 9 heteroatoms. The molecule has 0 saturated heterocycles. The minimum absolute atomic E-state index is 0.0504. The maximum absolute atomic E-state index is 12.9. The van der Waals surface area contributed by atoms with Crippen LogP contribution in [0.3, 0.4) is 0 Å². The predicted octanol–water partition coefficient (Wildman–Crippen LogP) is 16.6. The average molecular weight is 970 g/mol. The van der Waals surface area contributed by atoms with Crippen molar-refractivity contribution in [3.8, 4) is 0 Å². The van der Waals surface area contributed by atoms with Gasteiger partial charge in [0.15, 0.2) is 0 Å². The summed E-state index contributed by atoms with van der Waals surface area (Å²) in [5.41, 5.74) is 0. The highest BCUT2D eigenvalue weighted by atomic mass is 31.2. The second-order valence-electron chi connectivity index (χ2n) is 19.6. The highest BCUT2D eigenvalue weighted by molar-refractivity contribution is 7.47. The Bertz CT molecular complexity index is 1420. The van der Waals surface area contributed by atoms with Crippen LogP contribution in [0.2, 0.25) is 0 Å². The lowest BCUT2D eigenvalue weighted by Crippen LogP contribution is -2.45.